The predicted octanol–water partition coefficient (Wildman–Crippen LogP) is -3.22. The van der Waals surface area contributed by atoms with E-state index >= 15 is 0 Å². The van der Waals surface area contributed by atoms with Gasteiger partial charge in [0.05, 0.1) is 4.53 Å². The third-order valence-electron chi connectivity index (χ3n) is 0.0714. The predicted molar refractivity (Wildman–Crippen MR) is 2.19 cm³/mol. The summed E-state index contributed by atoms with van der Waals surface area (Å²) >= 11 is 0. The first-order chi connectivity index (χ1) is 2.56. The minimum Gasteiger partial charge on any atom is -0.179 e. The molecule has 4 nitrogen and oxygen atoms in total. The Hall–Kier alpha value is 0.0600. The monoisotopic (exact) mass is 118 g/mol. The lowest BCUT2D eigenvalue weighted by Gasteiger charge is -2.03. The Labute approximate surface area is 34.4 Å². The van der Waals surface area contributed by atoms with Gasteiger partial charge in [-0.1, -0.05) is 0 Å². The van der Waals surface area contributed by atoms with Crippen molar-refractivity contribution in [2.45, 2.75) is 0 Å². The zero-order chi connectivity index (χ0) is 5.21. The molecule has 0 atom stereocenters. The zero-order valence-electron chi connectivity index (χ0n) is 2.39. The van der Waals surface area contributed by atoms with Gasteiger partial charge >= 0.3 is 4.49 Å². The van der Waals surface area contributed by atoms with Crippen LogP contribution in [0.3, 0.4) is 0 Å². The molecule has 0 N–H and O–H groups in total. The molecule has 0 unspecified atom stereocenters. The van der Waals surface area contributed by atoms with Crippen LogP contribution in [0.5, 0.6) is 0 Å². The van der Waals surface area contributed by atoms with E-state index in [9.17, 15) is 4.53 Å². The van der Waals surface area contributed by atoms with Crippen LogP contribution in [0.4, 0.5) is 4.53 Å². The summed E-state index contributed by atoms with van der Waals surface area (Å²) in [4.78, 5) is 0. The van der Waals surface area contributed by atoms with E-state index in [1.807, 2.05) is 4.49 Å². The average molecular weight is 118 g/mol. The highest BCUT2D eigenvalue weighted by molar-refractivity contribution is 2.53. The summed E-state index contributed by atoms with van der Waals surface area (Å²) in [5, 5.41) is 0. The molecule has 0 heterocycles. The summed E-state index contributed by atoms with van der Waals surface area (Å²) in [6.45, 7) is 0. The van der Waals surface area contributed by atoms with Gasteiger partial charge in [0.1, 0.15) is 10.2 Å². The van der Waals surface area contributed by atoms with Gasteiger partial charge in [-0.3, -0.25) is 0 Å². The van der Waals surface area contributed by atoms with Crippen molar-refractivity contribution in [1.82, 2.24) is 0 Å². The minimum atomic E-state index is -4.84. The molecule has 6 heavy (non-hydrogen) atoms. The Bertz CT molecular complexity index is 37.3. The quantitative estimate of drug-likeness (QED) is 0.363. The van der Waals surface area contributed by atoms with E-state index < -0.39 is 10.2 Å². The van der Waals surface area contributed by atoms with Crippen molar-refractivity contribution in [1.29, 1.82) is 0 Å². The second-order valence-corrected chi connectivity index (χ2v) is 1.31. The molecule has 0 radical (unpaired) electrons. The lowest BCUT2D eigenvalue weighted by Crippen LogP contribution is -2.59. The van der Waals surface area contributed by atoms with Crippen LogP contribution in [-0.4, -0.2) is 0 Å². The summed E-state index contributed by atoms with van der Waals surface area (Å²) in [7, 11) is -4.84. The summed E-state index contributed by atoms with van der Waals surface area (Å²) < 4.78 is 38.4. The Morgan fingerprint density at radius 2 is 1.50 bits per heavy atom. The molecule has 0 aromatic heterocycles. The maximum atomic E-state index is 10.1. The fourth-order valence-electron chi connectivity index (χ4n) is 0. The zero-order valence-corrected chi connectivity index (χ0v) is 3.14. The molecular weight excluding hydrogens is 118 g/mol. The topological polar surface area (TPSA) is 78.4 Å². The second kappa shape index (κ2) is 1.67. The van der Waals surface area contributed by atoms with E-state index in [-0.39, 0.29) is 0 Å². The van der Waals surface area contributed by atoms with Crippen LogP contribution in [0.2, 0.25) is 0 Å². The number of hydrogen-bond donors (Lipinski definition) is 0. The molecule has 0 saturated carbocycles. The molecule has 0 aromatic rings. The van der Waals surface area contributed by atoms with Crippen molar-refractivity contribution < 1.29 is 33.2 Å². The molecule has 6 heteroatoms. The van der Waals surface area contributed by atoms with Crippen molar-refractivity contribution in [2.24, 2.45) is 0 Å². The SMILES string of the molecule is [O-][Cl+3]([O-])([O-])OF. The van der Waals surface area contributed by atoms with Gasteiger partial charge in [-0.2, -0.15) is 14.0 Å². The largest absolute Gasteiger partial charge is 0.314 e. The molecule has 38 valence electrons. The summed E-state index contributed by atoms with van der Waals surface area (Å²) in [5.41, 5.74) is 0. The fraction of sp³-hybridized carbons (Fsp3) is 0. The van der Waals surface area contributed by atoms with E-state index in [1.54, 1.807) is 0 Å². The molecule has 0 fully saturated rings. The molecule has 0 aromatic carbocycles. The van der Waals surface area contributed by atoms with Crippen LogP contribution in [0.1, 0.15) is 0 Å². The van der Waals surface area contributed by atoms with E-state index in [0.717, 1.165) is 0 Å². The van der Waals surface area contributed by atoms with E-state index in [4.69, 9.17) is 14.0 Å². The Morgan fingerprint density at radius 3 is 1.50 bits per heavy atom. The highest BCUT2D eigenvalue weighted by Gasteiger charge is 2.16. The van der Waals surface area contributed by atoms with E-state index in [1.165, 1.54) is 0 Å². The van der Waals surface area contributed by atoms with Gasteiger partial charge in [0.2, 0.25) is 0 Å². The second-order valence-electron chi connectivity index (χ2n) is 0.436. The minimum absolute atomic E-state index is 1.83. The lowest BCUT2D eigenvalue weighted by atomic mass is 15.6. The Kier molecular flexibility index (Phi) is 1.69. The molecule has 0 aliphatic rings. The molecular formula is ClFO4. The summed E-state index contributed by atoms with van der Waals surface area (Å²) in [6.07, 6.45) is 0. The van der Waals surface area contributed by atoms with Gasteiger partial charge in [0, 0.05) is 0 Å². The number of hydrogen-bond acceptors (Lipinski definition) is 4. The van der Waals surface area contributed by atoms with Gasteiger partial charge in [0.25, 0.3) is 0 Å². The average Bonchev–Trinajstić information content (AvgIpc) is 1.35. The maximum Gasteiger partial charge on any atom is 0.314 e. The van der Waals surface area contributed by atoms with E-state index in [0.29, 0.717) is 0 Å². The molecule has 0 saturated heterocycles. The molecule has 0 spiro atoms. The lowest BCUT2D eigenvalue weighted by molar-refractivity contribution is -1.93. The first kappa shape index (κ1) is 6.06. The van der Waals surface area contributed by atoms with Gasteiger partial charge in [0.15, 0.2) is 0 Å². The van der Waals surface area contributed by atoms with Crippen LogP contribution in [-0.2, 0) is 4.49 Å². The van der Waals surface area contributed by atoms with Gasteiger partial charge in [-0.25, -0.2) is 0 Å². The van der Waals surface area contributed by atoms with Crippen molar-refractivity contribution in [2.75, 3.05) is 0 Å². The summed E-state index contributed by atoms with van der Waals surface area (Å²) in [6, 6.07) is 0. The van der Waals surface area contributed by atoms with Crippen LogP contribution < -0.4 is 14.0 Å². The van der Waals surface area contributed by atoms with Crippen molar-refractivity contribution >= 4 is 0 Å². The van der Waals surface area contributed by atoms with Crippen LogP contribution in [0.25, 0.3) is 0 Å². The van der Waals surface area contributed by atoms with Crippen LogP contribution in [0.15, 0.2) is 0 Å². The molecule has 0 rings (SSSR count). The van der Waals surface area contributed by atoms with Crippen molar-refractivity contribution in [3.63, 3.8) is 0 Å². The highest BCUT2D eigenvalue weighted by Crippen LogP contribution is 1.83. The van der Waals surface area contributed by atoms with Gasteiger partial charge in [-0.05, 0) is 0 Å². The Balaban J connectivity index is 3.17. The number of halogens is 2. The van der Waals surface area contributed by atoms with Crippen molar-refractivity contribution in [3.05, 3.63) is 0 Å². The normalized spacial score (nSPS) is 12.0. The first-order valence-electron chi connectivity index (χ1n) is 0.772. The fourth-order valence-corrected chi connectivity index (χ4v) is 0. The van der Waals surface area contributed by atoms with Crippen LogP contribution >= 0.6 is 0 Å². The standard InChI is InChI=1S/ClFO4/c2-6-1(3,4)5. The smallest absolute Gasteiger partial charge is 0.179 e. The molecule has 0 bridgehead atoms. The summed E-state index contributed by atoms with van der Waals surface area (Å²) in [5.74, 6) is 0. The third-order valence-corrected chi connectivity index (χ3v) is 0.214. The van der Waals surface area contributed by atoms with Crippen LogP contribution in [0, 0.1) is 10.2 Å². The van der Waals surface area contributed by atoms with Crippen molar-refractivity contribution in [3.8, 4) is 0 Å². The molecule has 0 aliphatic carbocycles. The van der Waals surface area contributed by atoms with Gasteiger partial charge < -0.3 is 0 Å². The first-order valence-corrected chi connectivity index (χ1v) is 2.01. The molecule has 0 aliphatic heterocycles. The van der Waals surface area contributed by atoms with E-state index in [2.05, 4.69) is 0 Å². The molecule has 0 amide bonds. The highest BCUT2D eigenvalue weighted by atomic mass is 35.7. The number of rotatable bonds is 1. The third kappa shape index (κ3) is 4.06. The maximum absolute atomic E-state index is 10.1. The van der Waals surface area contributed by atoms with Gasteiger partial charge in [-0.15, -0.1) is 0 Å². The Morgan fingerprint density at radius 1 is 1.33 bits per heavy atom.